The number of hydrogen-bond donors (Lipinski definition) is 1. The van der Waals surface area contributed by atoms with Gasteiger partial charge in [-0.15, -0.1) is 0 Å². The summed E-state index contributed by atoms with van der Waals surface area (Å²) in [6.45, 7) is 3.62. The van der Waals surface area contributed by atoms with Crippen LogP contribution in [0.3, 0.4) is 0 Å². The van der Waals surface area contributed by atoms with E-state index in [0.717, 1.165) is 24.8 Å². The molecule has 1 aromatic rings. The Morgan fingerprint density at radius 1 is 1.39 bits per heavy atom. The fourth-order valence-electron chi connectivity index (χ4n) is 3.29. The molecule has 0 bridgehead atoms. The highest BCUT2D eigenvalue weighted by atomic mass is 16.5. The van der Waals surface area contributed by atoms with Crippen LogP contribution in [0, 0.1) is 0 Å². The first-order valence-electron chi connectivity index (χ1n) is 6.96. The zero-order valence-electron chi connectivity index (χ0n) is 11.1. The predicted octanol–water partition coefficient (Wildman–Crippen LogP) is 1.67. The number of para-hydroxylation sites is 1. The van der Waals surface area contributed by atoms with Gasteiger partial charge in [-0.25, -0.2) is 0 Å². The van der Waals surface area contributed by atoms with E-state index in [1.807, 2.05) is 6.07 Å². The fourth-order valence-corrected chi connectivity index (χ4v) is 3.29. The van der Waals surface area contributed by atoms with Gasteiger partial charge in [0, 0.05) is 25.2 Å². The van der Waals surface area contributed by atoms with Crippen molar-refractivity contribution in [3.05, 3.63) is 29.8 Å². The Morgan fingerprint density at radius 2 is 2.28 bits per heavy atom. The molecule has 2 fully saturated rings. The number of hydrogen-bond acceptors (Lipinski definition) is 3. The first-order chi connectivity index (χ1) is 8.86. The normalized spacial score (nSPS) is 28.1. The summed E-state index contributed by atoms with van der Waals surface area (Å²) in [7, 11) is 1.75. The summed E-state index contributed by atoms with van der Waals surface area (Å²) >= 11 is 0. The molecule has 0 aliphatic carbocycles. The molecule has 3 rings (SSSR count). The molecule has 0 saturated carbocycles. The molecule has 2 aliphatic heterocycles. The van der Waals surface area contributed by atoms with Crippen LogP contribution < -0.4 is 10.1 Å². The second-order valence-corrected chi connectivity index (χ2v) is 5.41. The van der Waals surface area contributed by atoms with E-state index in [1.54, 1.807) is 7.11 Å². The highest BCUT2D eigenvalue weighted by Gasteiger charge is 2.31. The Morgan fingerprint density at radius 3 is 3.17 bits per heavy atom. The molecule has 1 aromatic carbocycles. The van der Waals surface area contributed by atoms with Crippen LogP contribution in [0.1, 0.15) is 18.4 Å². The zero-order valence-corrected chi connectivity index (χ0v) is 11.1. The lowest BCUT2D eigenvalue weighted by Gasteiger charge is -2.36. The summed E-state index contributed by atoms with van der Waals surface area (Å²) in [4.78, 5) is 2.65. The van der Waals surface area contributed by atoms with E-state index in [2.05, 4.69) is 28.4 Å². The quantitative estimate of drug-likeness (QED) is 0.878. The Kier molecular flexibility index (Phi) is 3.52. The summed E-state index contributed by atoms with van der Waals surface area (Å²) in [6.07, 6.45) is 3.80. The summed E-state index contributed by atoms with van der Waals surface area (Å²) < 4.78 is 5.43. The molecule has 3 heteroatoms. The molecule has 1 N–H and O–H groups in total. The highest BCUT2D eigenvalue weighted by Crippen LogP contribution is 2.23. The van der Waals surface area contributed by atoms with Crippen LogP contribution in [0.25, 0.3) is 0 Å². The maximum Gasteiger partial charge on any atom is 0.122 e. The molecule has 3 nitrogen and oxygen atoms in total. The minimum Gasteiger partial charge on any atom is -0.496 e. The molecule has 18 heavy (non-hydrogen) atoms. The number of methoxy groups -OCH3 is 1. The van der Waals surface area contributed by atoms with E-state index in [1.165, 1.54) is 31.5 Å². The Balaban J connectivity index is 1.66. The van der Waals surface area contributed by atoms with Gasteiger partial charge in [0.1, 0.15) is 5.75 Å². The van der Waals surface area contributed by atoms with Crippen molar-refractivity contribution in [1.82, 2.24) is 10.2 Å². The molecule has 0 spiro atoms. The van der Waals surface area contributed by atoms with Gasteiger partial charge in [-0.05, 0) is 37.4 Å². The Labute approximate surface area is 109 Å². The van der Waals surface area contributed by atoms with Crippen molar-refractivity contribution in [2.24, 2.45) is 0 Å². The van der Waals surface area contributed by atoms with Crippen LogP contribution >= 0.6 is 0 Å². The summed E-state index contributed by atoms with van der Waals surface area (Å²) in [5.74, 6) is 1.02. The number of rotatable bonds is 3. The van der Waals surface area contributed by atoms with Crippen molar-refractivity contribution in [2.45, 2.75) is 31.3 Å². The molecule has 0 unspecified atom stereocenters. The highest BCUT2D eigenvalue weighted by molar-refractivity contribution is 5.34. The minimum atomic E-state index is 0.565. The lowest BCUT2D eigenvalue weighted by atomic mass is 10.0. The molecular weight excluding hydrogens is 224 g/mol. The zero-order chi connectivity index (χ0) is 12.4. The average molecular weight is 246 g/mol. The first kappa shape index (κ1) is 12.0. The molecule has 98 valence electrons. The van der Waals surface area contributed by atoms with Crippen LogP contribution in [-0.2, 0) is 6.42 Å². The smallest absolute Gasteiger partial charge is 0.122 e. The third kappa shape index (κ3) is 2.38. The van der Waals surface area contributed by atoms with Gasteiger partial charge in [-0.2, -0.15) is 0 Å². The van der Waals surface area contributed by atoms with Crippen molar-refractivity contribution in [3.8, 4) is 5.75 Å². The molecule has 2 atom stereocenters. The van der Waals surface area contributed by atoms with Gasteiger partial charge in [0.05, 0.1) is 7.11 Å². The minimum absolute atomic E-state index is 0.565. The van der Waals surface area contributed by atoms with Crippen LogP contribution in [-0.4, -0.2) is 43.7 Å². The van der Waals surface area contributed by atoms with Crippen molar-refractivity contribution in [3.63, 3.8) is 0 Å². The van der Waals surface area contributed by atoms with Crippen LogP contribution in [0.5, 0.6) is 5.75 Å². The first-order valence-corrected chi connectivity index (χ1v) is 6.96. The largest absolute Gasteiger partial charge is 0.496 e. The Bertz CT molecular complexity index is 407. The number of nitrogens with zero attached hydrogens (tertiary/aromatic N) is 1. The van der Waals surface area contributed by atoms with E-state index < -0.39 is 0 Å². The molecule has 2 heterocycles. The lowest BCUT2D eigenvalue weighted by Crippen LogP contribution is -2.54. The number of fused-ring (bicyclic) bond motifs is 1. The molecule has 0 aromatic heterocycles. The number of benzene rings is 1. The van der Waals surface area contributed by atoms with Gasteiger partial charge in [0.15, 0.2) is 0 Å². The van der Waals surface area contributed by atoms with E-state index in [4.69, 9.17) is 4.74 Å². The third-order valence-corrected chi connectivity index (χ3v) is 4.25. The molecule has 0 amide bonds. The fraction of sp³-hybridized carbons (Fsp3) is 0.600. The monoisotopic (exact) mass is 246 g/mol. The number of ether oxygens (including phenoxy) is 1. The van der Waals surface area contributed by atoms with E-state index in [-0.39, 0.29) is 0 Å². The van der Waals surface area contributed by atoms with Crippen molar-refractivity contribution in [2.75, 3.05) is 26.7 Å². The SMILES string of the molecule is COc1ccccc1C[C@H]1CN2CCC[C@H]2CN1. The maximum absolute atomic E-state index is 5.43. The molecule has 2 saturated heterocycles. The molecule has 0 radical (unpaired) electrons. The van der Waals surface area contributed by atoms with Gasteiger partial charge < -0.3 is 10.1 Å². The average Bonchev–Trinajstić information content (AvgIpc) is 2.87. The van der Waals surface area contributed by atoms with E-state index in [9.17, 15) is 0 Å². The predicted molar refractivity (Wildman–Crippen MR) is 73.1 cm³/mol. The third-order valence-electron chi connectivity index (χ3n) is 4.25. The molecule has 2 aliphatic rings. The van der Waals surface area contributed by atoms with Crippen LogP contribution in [0.4, 0.5) is 0 Å². The van der Waals surface area contributed by atoms with Crippen LogP contribution in [0.2, 0.25) is 0 Å². The van der Waals surface area contributed by atoms with Crippen molar-refractivity contribution >= 4 is 0 Å². The number of piperazine rings is 1. The summed E-state index contributed by atoms with van der Waals surface area (Å²) in [5.41, 5.74) is 1.31. The van der Waals surface area contributed by atoms with Gasteiger partial charge in [-0.3, -0.25) is 4.90 Å². The second-order valence-electron chi connectivity index (χ2n) is 5.41. The standard InChI is InChI=1S/C15H22N2O/c1-18-15-7-3-2-5-12(15)9-13-11-17-8-4-6-14(17)10-16-13/h2-3,5,7,13-14,16H,4,6,8-11H2,1H3/t13-,14-/m0/s1. The number of nitrogens with one attached hydrogen (secondary N) is 1. The van der Waals surface area contributed by atoms with Gasteiger partial charge in [0.2, 0.25) is 0 Å². The van der Waals surface area contributed by atoms with Crippen molar-refractivity contribution in [1.29, 1.82) is 0 Å². The maximum atomic E-state index is 5.43. The van der Waals surface area contributed by atoms with Gasteiger partial charge in [0.25, 0.3) is 0 Å². The van der Waals surface area contributed by atoms with E-state index >= 15 is 0 Å². The van der Waals surface area contributed by atoms with E-state index in [0.29, 0.717) is 6.04 Å². The van der Waals surface area contributed by atoms with Crippen LogP contribution in [0.15, 0.2) is 24.3 Å². The lowest BCUT2D eigenvalue weighted by molar-refractivity contribution is 0.172. The van der Waals surface area contributed by atoms with Crippen molar-refractivity contribution < 1.29 is 4.74 Å². The van der Waals surface area contributed by atoms with Gasteiger partial charge >= 0.3 is 0 Å². The Hall–Kier alpha value is -1.06. The summed E-state index contributed by atoms with van der Waals surface area (Å²) in [6, 6.07) is 9.72. The topological polar surface area (TPSA) is 24.5 Å². The van der Waals surface area contributed by atoms with Gasteiger partial charge in [-0.1, -0.05) is 18.2 Å². The molecular formula is C15H22N2O. The second kappa shape index (κ2) is 5.29. The summed E-state index contributed by atoms with van der Waals surface area (Å²) in [5, 5.41) is 3.69.